The Bertz CT molecular complexity index is 654. The lowest BCUT2D eigenvalue weighted by Gasteiger charge is -2.17. The minimum absolute atomic E-state index is 0.281. The van der Waals surface area contributed by atoms with Crippen LogP contribution in [0.3, 0.4) is 0 Å². The smallest absolute Gasteiger partial charge is 0.406 e. The molecule has 2 aromatic carbocycles. The fourth-order valence-electron chi connectivity index (χ4n) is 2.23. The molecule has 0 unspecified atom stereocenters. The van der Waals surface area contributed by atoms with E-state index in [4.69, 9.17) is 5.73 Å². The average Bonchev–Trinajstić information content (AvgIpc) is 2.39. The summed E-state index contributed by atoms with van der Waals surface area (Å²) in [6, 6.07) is 11.4. The molecule has 0 heterocycles. The van der Waals surface area contributed by atoms with Gasteiger partial charge in [-0.05, 0) is 43.4 Å². The van der Waals surface area contributed by atoms with Crippen LogP contribution in [0.2, 0.25) is 0 Å². The first kappa shape index (κ1) is 16.2. The van der Waals surface area contributed by atoms with E-state index in [1.165, 1.54) is 18.2 Å². The van der Waals surface area contributed by atoms with Crippen LogP contribution in [-0.2, 0) is 6.54 Å². The van der Waals surface area contributed by atoms with Crippen LogP contribution in [0.1, 0.15) is 5.56 Å². The van der Waals surface area contributed by atoms with Gasteiger partial charge in [-0.1, -0.05) is 24.3 Å². The zero-order chi connectivity index (χ0) is 16.3. The lowest BCUT2D eigenvalue weighted by molar-refractivity contribution is -0.274. The molecule has 0 aromatic heterocycles. The van der Waals surface area contributed by atoms with Gasteiger partial charge in [0.15, 0.2) is 0 Å². The number of hydrogen-bond acceptors (Lipinski definition) is 3. The van der Waals surface area contributed by atoms with Crippen molar-refractivity contribution in [1.29, 1.82) is 0 Å². The Morgan fingerprint density at radius 2 is 1.73 bits per heavy atom. The normalized spacial score (nSPS) is 11.7. The van der Waals surface area contributed by atoms with E-state index >= 15 is 0 Å². The molecule has 2 rings (SSSR count). The third kappa shape index (κ3) is 4.14. The number of rotatable bonds is 4. The van der Waals surface area contributed by atoms with E-state index in [2.05, 4.69) is 4.74 Å². The zero-order valence-electron chi connectivity index (χ0n) is 12.3. The Labute approximate surface area is 127 Å². The highest BCUT2D eigenvalue weighted by Crippen LogP contribution is 2.34. The highest BCUT2D eigenvalue weighted by atomic mass is 19.4. The standard InChI is InChI=1S/C16H17F3N2O/c1-21(2)10-11-5-3-4-6-13(11)14-9-12(7-8-15(14)20)22-16(17,18)19/h3-9H,10,20H2,1-2H3. The molecule has 0 aliphatic heterocycles. The second kappa shape index (κ2) is 6.27. The molecule has 22 heavy (non-hydrogen) atoms. The summed E-state index contributed by atoms with van der Waals surface area (Å²) in [6.07, 6.45) is -4.73. The molecule has 2 aromatic rings. The van der Waals surface area contributed by atoms with Gasteiger partial charge in [-0.2, -0.15) is 0 Å². The van der Waals surface area contributed by atoms with Crippen LogP contribution >= 0.6 is 0 Å². The van der Waals surface area contributed by atoms with Crippen LogP contribution in [-0.4, -0.2) is 25.4 Å². The highest BCUT2D eigenvalue weighted by molar-refractivity contribution is 5.79. The maximum atomic E-state index is 12.4. The molecule has 0 saturated carbocycles. The molecule has 0 saturated heterocycles. The number of anilines is 1. The van der Waals surface area contributed by atoms with Crippen molar-refractivity contribution in [2.24, 2.45) is 0 Å². The molecule has 0 aliphatic carbocycles. The number of benzene rings is 2. The van der Waals surface area contributed by atoms with Crippen molar-refractivity contribution in [2.75, 3.05) is 19.8 Å². The van der Waals surface area contributed by atoms with Crippen molar-refractivity contribution in [3.63, 3.8) is 0 Å². The number of halogens is 3. The summed E-state index contributed by atoms with van der Waals surface area (Å²) >= 11 is 0. The third-order valence-corrected chi connectivity index (χ3v) is 3.05. The lowest BCUT2D eigenvalue weighted by Crippen LogP contribution is -2.17. The van der Waals surface area contributed by atoms with Crippen molar-refractivity contribution in [2.45, 2.75) is 12.9 Å². The fraction of sp³-hybridized carbons (Fsp3) is 0.250. The molecule has 0 atom stereocenters. The summed E-state index contributed by atoms with van der Waals surface area (Å²) in [5, 5.41) is 0. The molecule has 0 radical (unpaired) electrons. The summed E-state index contributed by atoms with van der Waals surface area (Å²) < 4.78 is 41.1. The van der Waals surface area contributed by atoms with Gasteiger partial charge in [0.1, 0.15) is 5.75 Å². The SMILES string of the molecule is CN(C)Cc1ccccc1-c1cc(OC(F)(F)F)ccc1N. The van der Waals surface area contributed by atoms with Crippen LogP contribution in [0.25, 0.3) is 11.1 Å². The topological polar surface area (TPSA) is 38.5 Å². The van der Waals surface area contributed by atoms with Gasteiger partial charge in [-0.15, -0.1) is 13.2 Å². The van der Waals surface area contributed by atoms with Gasteiger partial charge in [-0.25, -0.2) is 0 Å². The maximum Gasteiger partial charge on any atom is 0.573 e. The number of hydrogen-bond donors (Lipinski definition) is 1. The van der Waals surface area contributed by atoms with Crippen molar-refractivity contribution in [3.05, 3.63) is 48.0 Å². The predicted octanol–water partition coefficient (Wildman–Crippen LogP) is 3.90. The molecule has 6 heteroatoms. The average molecular weight is 310 g/mol. The van der Waals surface area contributed by atoms with Crippen LogP contribution in [0.4, 0.5) is 18.9 Å². The van der Waals surface area contributed by atoms with Gasteiger partial charge in [0, 0.05) is 17.8 Å². The van der Waals surface area contributed by atoms with Crippen LogP contribution in [0, 0.1) is 0 Å². The highest BCUT2D eigenvalue weighted by Gasteiger charge is 2.31. The second-order valence-electron chi connectivity index (χ2n) is 5.19. The molecule has 0 fully saturated rings. The number of nitrogens with zero attached hydrogens (tertiary/aromatic N) is 1. The first-order chi connectivity index (χ1) is 10.3. The van der Waals surface area contributed by atoms with Crippen molar-refractivity contribution in [1.82, 2.24) is 4.90 Å². The molecule has 0 amide bonds. The first-order valence-corrected chi connectivity index (χ1v) is 6.64. The summed E-state index contributed by atoms with van der Waals surface area (Å²) in [5.41, 5.74) is 8.63. The fourth-order valence-corrected chi connectivity index (χ4v) is 2.23. The van der Waals surface area contributed by atoms with Gasteiger partial charge in [0.25, 0.3) is 0 Å². The van der Waals surface area contributed by atoms with Gasteiger partial charge in [0.05, 0.1) is 0 Å². The van der Waals surface area contributed by atoms with Crippen LogP contribution < -0.4 is 10.5 Å². The Hall–Kier alpha value is -2.21. The molecule has 0 spiro atoms. The summed E-state index contributed by atoms with van der Waals surface area (Å²) in [5.74, 6) is -0.281. The van der Waals surface area contributed by atoms with Gasteiger partial charge >= 0.3 is 6.36 Å². The summed E-state index contributed by atoms with van der Waals surface area (Å²) in [7, 11) is 3.84. The largest absolute Gasteiger partial charge is 0.573 e. The van der Waals surface area contributed by atoms with Crippen molar-refractivity contribution >= 4 is 5.69 Å². The van der Waals surface area contributed by atoms with E-state index in [-0.39, 0.29) is 5.75 Å². The monoisotopic (exact) mass is 310 g/mol. The lowest BCUT2D eigenvalue weighted by atomic mass is 9.98. The second-order valence-corrected chi connectivity index (χ2v) is 5.19. The maximum absolute atomic E-state index is 12.4. The molecular formula is C16H17F3N2O. The number of nitrogens with two attached hydrogens (primary N) is 1. The first-order valence-electron chi connectivity index (χ1n) is 6.64. The van der Waals surface area contributed by atoms with E-state index < -0.39 is 6.36 Å². The number of alkyl halides is 3. The Morgan fingerprint density at radius 3 is 2.36 bits per heavy atom. The van der Waals surface area contributed by atoms with Crippen molar-refractivity contribution in [3.8, 4) is 16.9 Å². The van der Waals surface area contributed by atoms with E-state index in [1.807, 2.05) is 43.3 Å². The minimum atomic E-state index is -4.73. The third-order valence-electron chi connectivity index (χ3n) is 3.05. The van der Waals surface area contributed by atoms with Gasteiger partial charge < -0.3 is 15.4 Å². The molecule has 3 nitrogen and oxygen atoms in total. The number of ether oxygens (including phenoxy) is 1. The van der Waals surface area contributed by atoms with E-state index in [0.717, 1.165) is 11.1 Å². The van der Waals surface area contributed by atoms with Crippen LogP contribution in [0.15, 0.2) is 42.5 Å². The Kier molecular flexibility index (Phi) is 4.61. The summed E-state index contributed by atoms with van der Waals surface area (Å²) in [6.45, 7) is 0.653. The minimum Gasteiger partial charge on any atom is -0.406 e. The van der Waals surface area contributed by atoms with Gasteiger partial charge in [0.2, 0.25) is 0 Å². The quantitative estimate of drug-likeness (QED) is 0.871. The van der Waals surface area contributed by atoms with Gasteiger partial charge in [-0.3, -0.25) is 0 Å². The molecule has 2 N–H and O–H groups in total. The molecule has 0 aliphatic rings. The summed E-state index contributed by atoms with van der Waals surface area (Å²) in [4.78, 5) is 1.98. The predicted molar refractivity (Wildman–Crippen MR) is 80.4 cm³/mol. The molecular weight excluding hydrogens is 293 g/mol. The molecule has 0 bridgehead atoms. The van der Waals surface area contributed by atoms with E-state index in [1.54, 1.807) is 0 Å². The Balaban J connectivity index is 2.46. The van der Waals surface area contributed by atoms with E-state index in [0.29, 0.717) is 17.8 Å². The van der Waals surface area contributed by atoms with Crippen LogP contribution in [0.5, 0.6) is 5.75 Å². The Morgan fingerprint density at radius 1 is 1.05 bits per heavy atom. The molecule has 118 valence electrons. The number of nitrogen functional groups attached to an aromatic ring is 1. The zero-order valence-corrected chi connectivity index (χ0v) is 12.3. The van der Waals surface area contributed by atoms with Crippen molar-refractivity contribution < 1.29 is 17.9 Å². The van der Waals surface area contributed by atoms with E-state index in [9.17, 15) is 13.2 Å².